The van der Waals surface area contributed by atoms with Gasteiger partial charge in [0.2, 0.25) is 5.91 Å². The van der Waals surface area contributed by atoms with E-state index in [0.717, 1.165) is 12.2 Å². The number of rotatable bonds is 4. The Morgan fingerprint density at radius 3 is 2.88 bits per heavy atom. The van der Waals surface area contributed by atoms with Crippen molar-refractivity contribution >= 4 is 23.6 Å². The molecular formula is C10H18N2O3S. The molecule has 16 heavy (non-hydrogen) atoms. The van der Waals surface area contributed by atoms with Crippen molar-refractivity contribution in [2.24, 2.45) is 5.73 Å². The quantitative estimate of drug-likeness (QED) is 0.737. The van der Waals surface area contributed by atoms with Crippen LogP contribution in [-0.4, -0.2) is 52.0 Å². The lowest BCUT2D eigenvalue weighted by Crippen LogP contribution is -2.55. The number of carboxylic acid groups (broad SMARTS) is 1. The van der Waals surface area contributed by atoms with Gasteiger partial charge in [0.25, 0.3) is 0 Å². The van der Waals surface area contributed by atoms with Crippen molar-refractivity contribution in [1.82, 2.24) is 4.90 Å². The zero-order chi connectivity index (χ0) is 12.1. The fourth-order valence-corrected chi connectivity index (χ4v) is 2.76. The Labute approximate surface area is 99.4 Å². The van der Waals surface area contributed by atoms with Gasteiger partial charge in [0, 0.05) is 18.1 Å². The van der Waals surface area contributed by atoms with Gasteiger partial charge in [-0.1, -0.05) is 13.3 Å². The summed E-state index contributed by atoms with van der Waals surface area (Å²) in [6, 6.07) is -1.27. The zero-order valence-electron chi connectivity index (χ0n) is 9.39. The van der Waals surface area contributed by atoms with Gasteiger partial charge in [0.1, 0.15) is 6.04 Å². The Balaban J connectivity index is 2.67. The molecule has 92 valence electrons. The van der Waals surface area contributed by atoms with Crippen molar-refractivity contribution in [3.05, 3.63) is 0 Å². The predicted octanol–water partition coefficient (Wildman–Crippen LogP) is 0.142. The van der Waals surface area contributed by atoms with E-state index >= 15 is 0 Å². The number of carbonyl (C=O) groups excluding carboxylic acids is 1. The van der Waals surface area contributed by atoms with Crippen LogP contribution in [0.15, 0.2) is 0 Å². The first-order chi connectivity index (χ1) is 7.57. The summed E-state index contributed by atoms with van der Waals surface area (Å²) < 4.78 is 0. The molecular weight excluding hydrogens is 228 g/mol. The molecule has 1 fully saturated rings. The van der Waals surface area contributed by atoms with Crippen molar-refractivity contribution in [3.63, 3.8) is 0 Å². The van der Waals surface area contributed by atoms with Gasteiger partial charge in [-0.05, 0) is 6.42 Å². The molecule has 1 saturated heterocycles. The Kier molecular flexibility index (Phi) is 5.08. The highest BCUT2D eigenvalue weighted by atomic mass is 32.2. The van der Waals surface area contributed by atoms with E-state index in [4.69, 9.17) is 10.8 Å². The average Bonchev–Trinajstić information content (AvgIpc) is 2.28. The molecule has 5 nitrogen and oxygen atoms in total. The van der Waals surface area contributed by atoms with Crippen LogP contribution in [0.5, 0.6) is 0 Å². The summed E-state index contributed by atoms with van der Waals surface area (Å²) in [7, 11) is 0. The highest BCUT2D eigenvalue weighted by molar-refractivity contribution is 7.99. The maximum Gasteiger partial charge on any atom is 0.327 e. The fraction of sp³-hybridized carbons (Fsp3) is 0.800. The van der Waals surface area contributed by atoms with Gasteiger partial charge in [-0.25, -0.2) is 4.79 Å². The highest BCUT2D eigenvalue weighted by Gasteiger charge is 2.34. The molecule has 1 rings (SSSR count). The molecule has 1 amide bonds. The molecule has 1 aliphatic rings. The summed E-state index contributed by atoms with van der Waals surface area (Å²) in [5.41, 5.74) is 5.73. The van der Waals surface area contributed by atoms with E-state index in [0.29, 0.717) is 18.7 Å². The van der Waals surface area contributed by atoms with Crippen molar-refractivity contribution in [1.29, 1.82) is 0 Å². The molecule has 0 aromatic rings. The van der Waals surface area contributed by atoms with Crippen LogP contribution in [0, 0.1) is 0 Å². The number of carbonyl (C=O) groups is 2. The van der Waals surface area contributed by atoms with E-state index in [1.165, 1.54) is 4.90 Å². The molecule has 2 unspecified atom stereocenters. The van der Waals surface area contributed by atoms with Crippen LogP contribution in [0.25, 0.3) is 0 Å². The normalized spacial score (nSPS) is 22.9. The molecule has 0 spiro atoms. The van der Waals surface area contributed by atoms with Crippen molar-refractivity contribution in [2.75, 3.05) is 18.1 Å². The summed E-state index contributed by atoms with van der Waals surface area (Å²) >= 11 is 1.56. The third-order valence-electron chi connectivity index (χ3n) is 2.61. The first-order valence-corrected chi connectivity index (χ1v) is 6.60. The van der Waals surface area contributed by atoms with Gasteiger partial charge in [0.05, 0.1) is 6.04 Å². The lowest BCUT2D eigenvalue weighted by molar-refractivity contribution is -0.149. The number of amides is 1. The van der Waals surface area contributed by atoms with Crippen LogP contribution in [0.3, 0.4) is 0 Å². The number of hydrogen-bond donors (Lipinski definition) is 2. The van der Waals surface area contributed by atoms with Gasteiger partial charge in [-0.15, -0.1) is 0 Å². The van der Waals surface area contributed by atoms with Crippen LogP contribution in [0.1, 0.15) is 19.8 Å². The summed E-state index contributed by atoms with van der Waals surface area (Å²) in [6.45, 7) is 2.44. The highest BCUT2D eigenvalue weighted by Crippen LogP contribution is 2.18. The van der Waals surface area contributed by atoms with Gasteiger partial charge >= 0.3 is 5.97 Å². The van der Waals surface area contributed by atoms with E-state index in [9.17, 15) is 9.59 Å². The SMILES string of the molecule is CCCC(N)C(=O)N1CCSCC1C(=O)O. The zero-order valence-corrected chi connectivity index (χ0v) is 10.2. The Bertz CT molecular complexity index is 273. The van der Waals surface area contributed by atoms with E-state index in [2.05, 4.69) is 0 Å². The fourth-order valence-electron chi connectivity index (χ4n) is 1.72. The Morgan fingerprint density at radius 2 is 2.31 bits per heavy atom. The number of aliphatic carboxylic acids is 1. The first kappa shape index (κ1) is 13.3. The molecule has 6 heteroatoms. The molecule has 0 bridgehead atoms. The van der Waals surface area contributed by atoms with Crippen molar-refractivity contribution in [2.45, 2.75) is 31.8 Å². The van der Waals surface area contributed by atoms with Crippen LogP contribution in [0.2, 0.25) is 0 Å². The second-order valence-corrected chi connectivity index (χ2v) is 5.01. The largest absolute Gasteiger partial charge is 0.480 e. The molecule has 0 aromatic carbocycles. The molecule has 0 saturated carbocycles. The molecule has 0 aromatic heterocycles. The summed E-state index contributed by atoms with van der Waals surface area (Å²) in [4.78, 5) is 24.3. The molecule has 0 radical (unpaired) electrons. The Morgan fingerprint density at radius 1 is 1.62 bits per heavy atom. The number of thioether (sulfide) groups is 1. The standard InChI is InChI=1S/C10H18N2O3S/c1-2-3-7(11)9(13)12-4-5-16-6-8(12)10(14)15/h7-8H,2-6,11H2,1H3,(H,14,15). The van der Waals surface area contributed by atoms with E-state index < -0.39 is 18.1 Å². The van der Waals surface area contributed by atoms with Crippen LogP contribution >= 0.6 is 11.8 Å². The predicted molar refractivity (Wildman–Crippen MR) is 63.3 cm³/mol. The van der Waals surface area contributed by atoms with Gasteiger partial charge < -0.3 is 15.7 Å². The maximum atomic E-state index is 11.9. The minimum Gasteiger partial charge on any atom is -0.480 e. The second-order valence-electron chi connectivity index (χ2n) is 3.86. The monoisotopic (exact) mass is 246 g/mol. The summed E-state index contributed by atoms with van der Waals surface area (Å²) in [5.74, 6) is 0.0765. The van der Waals surface area contributed by atoms with Gasteiger partial charge in [-0.2, -0.15) is 11.8 Å². The summed E-state index contributed by atoms with van der Waals surface area (Å²) in [6.07, 6.45) is 1.43. The van der Waals surface area contributed by atoms with E-state index in [-0.39, 0.29) is 5.91 Å². The lowest BCUT2D eigenvalue weighted by atomic mass is 10.1. The average molecular weight is 246 g/mol. The third-order valence-corrected chi connectivity index (χ3v) is 3.64. The van der Waals surface area contributed by atoms with Gasteiger partial charge in [-0.3, -0.25) is 4.79 Å². The second kappa shape index (κ2) is 6.10. The minimum absolute atomic E-state index is 0.227. The minimum atomic E-state index is -0.941. The third kappa shape index (κ3) is 3.12. The van der Waals surface area contributed by atoms with E-state index in [1.54, 1.807) is 11.8 Å². The number of nitrogens with zero attached hydrogens (tertiary/aromatic N) is 1. The first-order valence-electron chi connectivity index (χ1n) is 5.44. The van der Waals surface area contributed by atoms with Crippen LogP contribution in [-0.2, 0) is 9.59 Å². The van der Waals surface area contributed by atoms with Crippen LogP contribution in [0.4, 0.5) is 0 Å². The molecule has 3 N–H and O–H groups in total. The van der Waals surface area contributed by atoms with E-state index in [1.807, 2.05) is 6.92 Å². The molecule has 0 aliphatic carbocycles. The molecule has 1 heterocycles. The van der Waals surface area contributed by atoms with Gasteiger partial charge in [0.15, 0.2) is 0 Å². The molecule has 1 aliphatic heterocycles. The number of hydrogen-bond acceptors (Lipinski definition) is 4. The Hall–Kier alpha value is -0.750. The van der Waals surface area contributed by atoms with Crippen molar-refractivity contribution in [3.8, 4) is 0 Å². The van der Waals surface area contributed by atoms with Crippen LogP contribution < -0.4 is 5.73 Å². The van der Waals surface area contributed by atoms with Crippen molar-refractivity contribution < 1.29 is 14.7 Å². The lowest BCUT2D eigenvalue weighted by Gasteiger charge is -2.34. The smallest absolute Gasteiger partial charge is 0.327 e. The topological polar surface area (TPSA) is 83.6 Å². The number of carboxylic acids is 1. The number of nitrogens with two attached hydrogens (primary N) is 1. The molecule has 2 atom stereocenters. The summed E-state index contributed by atoms with van der Waals surface area (Å²) in [5, 5.41) is 9.02. The maximum absolute atomic E-state index is 11.9.